The summed E-state index contributed by atoms with van der Waals surface area (Å²) in [5, 5.41) is 2.72. The van der Waals surface area contributed by atoms with Crippen LogP contribution in [0.25, 0.3) is 0 Å². The number of carbonyl (C=O) groups excluding carboxylic acids is 6. The molecule has 0 spiro atoms. The largest absolute Gasteiger partial charge is 0.465 e. The monoisotopic (exact) mass is 860 g/mol. The van der Waals surface area contributed by atoms with Crippen molar-refractivity contribution >= 4 is 35.8 Å². The van der Waals surface area contributed by atoms with E-state index in [0.29, 0.717) is 36.0 Å². The third kappa shape index (κ3) is 10.8. The minimum atomic E-state index is -2.23. The standard InChI is InChI=1S/C47H73NO13/c1-26(2)13-12-14-27(3)36-17-18-37-35-16-15-33-23-34(19-21-45(33,9)38(35)20-22-46(36,37)10)60-47(44(54)55-11)24-39(57-30(6)51)41(48-28(4)49)43(61-47)42(59-32(8)53)40(58-31(7)52)25-56-29(5)50/h15,26-27,34-43H,12-14,16-25H2,1-11H3,(H,48,49)/t27-,34+,35+,36-,37+,38+,39+,40-,41-,42-,43-,45+,46-,47-/m1/s1. The molecule has 0 bridgehead atoms. The highest BCUT2D eigenvalue weighted by atomic mass is 16.7. The zero-order valence-corrected chi connectivity index (χ0v) is 38.5. The van der Waals surface area contributed by atoms with Gasteiger partial charge in [-0.15, -0.1) is 0 Å². The van der Waals surface area contributed by atoms with Gasteiger partial charge in [-0.3, -0.25) is 24.0 Å². The molecule has 0 aromatic rings. The predicted molar refractivity (Wildman–Crippen MR) is 223 cm³/mol. The molecule has 61 heavy (non-hydrogen) atoms. The Labute approximate surface area is 362 Å². The van der Waals surface area contributed by atoms with Crippen LogP contribution in [0.2, 0.25) is 0 Å². The average molecular weight is 860 g/mol. The van der Waals surface area contributed by atoms with Crippen molar-refractivity contribution in [2.75, 3.05) is 13.7 Å². The molecule has 0 unspecified atom stereocenters. The van der Waals surface area contributed by atoms with Crippen molar-refractivity contribution in [2.24, 2.45) is 46.3 Å². The molecule has 14 heteroatoms. The molecule has 1 saturated heterocycles. The van der Waals surface area contributed by atoms with E-state index in [1.165, 1.54) is 71.5 Å². The van der Waals surface area contributed by atoms with Crippen molar-refractivity contribution in [1.82, 2.24) is 5.32 Å². The van der Waals surface area contributed by atoms with Gasteiger partial charge in [0.15, 0.2) is 12.2 Å². The summed E-state index contributed by atoms with van der Waals surface area (Å²) < 4.78 is 41.0. The van der Waals surface area contributed by atoms with E-state index in [-0.39, 0.29) is 11.8 Å². The van der Waals surface area contributed by atoms with E-state index < -0.39 is 84.7 Å². The fourth-order valence-corrected chi connectivity index (χ4v) is 12.5. The van der Waals surface area contributed by atoms with E-state index in [1.54, 1.807) is 0 Å². The maximum Gasteiger partial charge on any atom is 0.366 e. The van der Waals surface area contributed by atoms with Crippen molar-refractivity contribution in [3.8, 4) is 0 Å². The van der Waals surface area contributed by atoms with Crippen molar-refractivity contribution in [1.29, 1.82) is 0 Å². The summed E-state index contributed by atoms with van der Waals surface area (Å²) in [6, 6.07) is -1.26. The van der Waals surface area contributed by atoms with Gasteiger partial charge in [-0.1, -0.05) is 65.5 Å². The summed E-state index contributed by atoms with van der Waals surface area (Å²) in [6.07, 6.45) is 7.51. The molecular weight excluding hydrogens is 787 g/mol. The minimum Gasteiger partial charge on any atom is -0.465 e. The summed E-state index contributed by atoms with van der Waals surface area (Å²) in [7, 11) is 1.18. The highest BCUT2D eigenvalue weighted by Gasteiger charge is 2.62. The summed E-state index contributed by atoms with van der Waals surface area (Å²) in [4.78, 5) is 76.5. The van der Waals surface area contributed by atoms with Gasteiger partial charge in [0.05, 0.1) is 25.7 Å². The van der Waals surface area contributed by atoms with Crippen LogP contribution in [0, 0.1) is 46.3 Å². The molecule has 14 atom stereocenters. The second-order valence-electron chi connectivity index (χ2n) is 19.7. The number of esters is 5. The Hall–Kier alpha value is -3.52. The molecule has 4 aliphatic carbocycles. The number of ether oxygens (including phenoxy) is 7. The van der Waals surface area contributed by atoms with E-state index >= 15 is 0 Å². The van der Waals surface area contributed by atoms with E-state index in [1.807, 2.05) is 0 Å². The fourth-order valence-electron chi connectivity index (χ4n) is 12.5. The molecule has 3 saturated carbocycles. The first-order valence-electron chi connectivity index (χ1n) is 22.7. The number of methoxy groups -OCH3 is 1. The van der Waals surface area contributed by atoms with Crippen LogP contribution in [-0.2, 0) is 61.9 Å². The van der Waals surface area contributed by atoms with E-state index in [4.69, 9.17) is 33.2 Å². The van der Waals surface area contributed by atoms with Gasteiger partial charge in [0.1, 0.15) is 18.8 Å². The highest BCUT2D eigenvalue weighted by Crippen LogP contribution is 2.67. The first-order valence-corrected chi connectivity index (χ1v) is 22.7. The topological polar surface area (TPSA) is 179 Å². The van der Waals surface area contributed by atoms with Crippen molar-refractivity contribution in [2.45, 2.75) is 189 Å². The molecule has 0 radical (unpaired) electrons. The Balaban J connectivity index is 1.45. The molecule has 1 aliphatic heterocycles. The van der Waals surface area contributed by atoms with E-state index in [9.17, 15) is 28.8 Å². The van der Waals surface area contributed by atoms with Crippen LogP contribution in [0.5, 0.6) is 0 Å². The molecule has 5 aliphatic rings. The minimum absolute atomic E-state index is 0.0371. The lowest BCUT2D eigenvalue weighted by Crippen LogP contribution is -2.69. The van der Waals surface area contributed by atoms with Gasteiger partial charge >= 0.3 is 29.8 Å². The Morgan fingerprint density at radius 1 is 0.852 bits per heavy atom. The number of allylic oxidation sites excluding steroid dienone is 1. The maximum absolute atomic E-state index is 14.1. The van der Waals surface area contributed by atoms with Gasteiger partial charge < -0.3 is 38.5 Å². The number of hydrogen-bond donors (Lipinski definition) is 1. The van der Waals surface area contributed by atoms with Gasteiger partial charge in [0.2, 0.25) is 5.91 Å². The number of hydrogen-bond acceptors (Lipinski definition) is 13. The Bertz CT molecular complexity index is 1660. The molecule has 344 valence electrons. The van der Waals surface area contributed by atoms with Gasteiger partial charge in [0.25, 0.3) is 5.79 Å². The summed E-state index contributed by atoms with van der Waals surface area (Å²) in [5.41, 5.74) is 1.62. The quantitative estimate of drug-likeness (QED) is 0.0960. The Morgan fingerprint density at radius 3 is 2.16 bits per heavy atom. The van der Waals surface area contributed by atoms with Crippen LogP contribution >= 0.6 is 0 Å². The molecule has 1 heterocycles. The lowest BCUT2D eigenvalue weighted by Gasteiger charge is -2.59. The highest BCUT2D eigenvalue weighted by molar-refractivity contribution is 5.79. The van der Waals surface area contributed by atoms with Gasteiger partial charge in [-0.05, 0) is 97.7 Å². The van der Waals surface area contributed by atoms with E-state index in [2.05, 4.69) is 46.0 Å². The molecule has 14 nitrogen and oxygen atoms in total. The number of amides is 1. The zero-order chi connectivity index (χ0) is 45.0. The molecule has 0 aromatic heterocycles. The lowest BCUT2D eigenvalue weighted by atomic mass is 9.47. The lowest BCUT2D eigenvalue weighted by molar-refractivity contribution is -0.327. The maximum atomic E-state index is 14.1. The van der Waals surface area contributed by atoms with E-state index in [0.717, 1.165) is 51.4 Å². The second-order valence-corrected chi connectivity index (χ2v) is 19.7. The molecule has 0 aromatic carbocycles. The molecule has 1 N–H and O–H groups in total. The van der Waals surface area contributed by atoms with Crippen LogP contribution in [0.4, 0.5) is 0 Å². The zero-order valence-electron chi connectivity index (χ0n) is 38.5. The summed E-state index contributed by atoms with van der Waals surface area (Å²) in [6.45, 7) is 17.4. The first-order chi connectivity index (χ1) is 28.6. The van der Waals surface area contributed by atoms with Crippen LogP contribution in [0.15, 0.2) is 11.6 Å². The number of nitrogens with one attached hydrogen (secondary N) is 1. The number of carbonyl (C=O) groups is 6. The normalized spacial score (nSPS) is 35.8. The first kappa shape index (κ1) is 48.5. The van der Waals surface area contributed by atoms with Crippen LogP contribution < -0.4 is 5.32 Å². The van der Waals surface area contributed by atoms with Crippen LogP contribution in [-0.4, -0.2) is 91.8 Å². The predicted octanol–water partition coefficient (Wildman–Crippen LogP) is 6.93. The second kappa shape index (κ2) is 19.9. The average Bonchev–Trinajstić information content (AvgIpc) is 3.53. The third-order valence-corrected chi connectivity index (χ3v) is 15.1. The Kier molecular flexibility index (Phi) is 15.8. The SMILES string of the molecule is COC(=O)[C@@]1(O[C@H]2CC[C@@]3(C)C(=CC[C@H]4[C@@H]5CC[C@H]([C@H](C)CCCC(C)C)[C@@]5(C)CC[C@@H]43)C2)C[C@H](OC(C)=O)[C@@H](NC(C)=O)[C@H]([C@H](OC(C)=O)[C@@H](COC(C)=O)OC(C)=O)O1. The third-order valence-electron chi connectivity index (χ3n) is 15.1. The summed E-state index contributed by atoms with van der Waals surface area (Å²) in [5.74, 6) is -2.73. The van der Waals surface area contributed by atoms with Gasteiger partial charge in [0, 0.05) is 34.6 Å². The number of rotatable bonds is 16. The molecule has 4 fully saturated rings. The Morgan fingerprint density at radius 2 is 1.56 bits per heavy atom. The van der Waals surface area contributed by atoms with Crippen LogP contribution in [0.1, 0.15) is 146 Å². The van der Waals surface area contributed by atoms with Crippen molar-refractivity contribution < 1.29 is 61.9 Å². The number of fused-ring (bicyclic) bond motifs is 5. The van der Waals surface area contributed by atoms with Gasteiger partial charge in [-0.2, -0.15) is 0 Å². The molecule has 1 amide bonds. The summed E-state index contributed by atoms with van der Waals surface area (Å²) >= 11 is 0. The smallest absolute Gasteiger partial charge is 0.366 e. The van der Waals surface area contributed by atoms with Crippen molar-refractivity contribution in [3.63, 3.8) is 0 Å². The van der Waals surface area contributed by atoms with Crippen molar-refractivity contribution in [3.05, 3.63) is 11.6 Å². The fraction of sp³-hybridized carbons (Fsp3) is 0.830. The molecular formula is C47H73NO13. The van der Waals surface area contributed by atoms with Gasteiger partial charge in [-0.25, -0.2) is 4.79 Å². The van der Waals surface area contributed by atoms with Crippen LogP contribution in [0.3, 0.4) is 0 Å². The molecule has 5 rings (SSSR count).